The fraction of sp³-hybridized carbons (Fsp3) is 0.400. The van der Waals surface area contributed by atoms with E-state index in [2.05, 4.69) is 5.32 Å². The molecule has 1 heterocycles. The molecule has 5 heteroatoms. The molecule has 5 nitrogen and oxygen atoms in total. The Hall–Kier alpha value is -2.24. The molecule has 1 aromatic carbocycles. The summed E-state index contributed by atoms with van der Waals surface area (Å²) in [6.45, 7) is 1.57. The Morgan fingerprint density at radius 1 is 1.28 bits per heavy atom. The lowest BCUT2D eigenvalue weighted by Crippen LogP contribution is -2.46. The number of aldehydes is 1. The van der Waals surface area contributed by atoms with Crippen molar-refractivity contribution in [1.29, 1.82) is 0 Å². The molecule has 1 fully saturated rings. The quantitative estimate of drug-likeness (QED) is 0.468. The first-order chi connectivity index (χ1) is 12.2. The number of hydrogen-bond acceptors (Lipinski definition) is 5. The highest BCUT2D eigenvalue weighted by molar-refractivity contribution is 5.97. The van der Waals surface area contributed by atoms with E-state index in [0.717, 1.165) is 24.9 Å². The molecule has 0 radical (unpaired) electrons. The highest BCUT2D eigenvalue weighted by Crippen LogP contribution is 2.31. The smallest absolute Gasteiger partial charge is 0.326 e. The number of allylic oxidation sites excluding steroid dienone is 2. The fourth-order valence-corrected chi connectivity index (χ4v) is 3.13. The third kappa shape index (κ3) is 4.06. The van der Waals surface area contributed by atoms with Crippen LogP contribution in [-0.2, 0) is 25.7 Å². The summed E-state index contributed by atoms with van der Waals surface area (Å²) in [5.41, 5.74) is -0.554. The van der Waals surface area contributed by atoms with Gasteiger partial charge in [0.25, 0.3) is 0 Å². The van der Waals surface area contributed by atoms with Crippen LogP contribution in [0.2, 0.25) is 0 Å². The van der Waals surface area contributed by atoms with Crippen LogP contribution < -0.4 is 5.32 Å². The summed E-state index contributed by atoms with van der Waals surface area (Å²) in [6, 6.07) is 9.66. The second-order valence-corrected chi connectivity index (χ2v) is 6.40. The summed E-state index contributed by atoms with van der Waals surface area (Å²) in [5, 5.41) is 3.35. The molecule has 1 aliphatic heterocycles. The molecule has 0 spiro atoms. The molecule has 1 saturated heterocycles. The second-order valence-electron chi connectivity index (χ2n) is 6.40. The van der Waals surface area contributed by atoms with Crippen molar-refractivity contribution < 1.29 is 19.1 Å². The molecular weight excluding hydrogens is 318 g/mol. The zero-order chi connectivity index (χ0) is 17.5. The number of hydrogen-bond donors (Lipinski definition) is 1. The number of rotatable bonds is 7. The maximum Gasteiger partial charge on any atom is 0.326 e. The highest BCUT2D eigenvalue weighted by Gasteiger charge is 2.46. The first-order valence-electron chi connectivity index (χ1n) is 8.63. The van der Waals surface area contributed by atoms with E-state index in [0.29, 0.717) is 12.9 Å². The molecule has 3 rings (SSSR count). The third-order valence-electron chi connectivity index (χ3n) is 4.64. The van der Waals surface area contributed by atoms with E-state index in [4.69, 9.17) is 9.47 Å². The van der Waals surface area contributed by atoms with Crippen molar-refractivity contribution in [2.24, 2.45) is 5.41 Å². The monoisotopic (exact) mass is 341 g/mol. The van der Waals surface area contributed by atoms with Gasteiger partial charge in [0.2, 0.25) is 0 Å². The van der Waals surface area contributed by atoms with Gasteiger partial charge in [0.1, 0.15) is 19.0 Å². The maximum absolute atomic E-state index is 12.7. The van der Waals surface area contributed by atoms with Crippen molar-refractivity contribution in [3.63, 3.8) is 0 Å². The Bertz CT molecular complexity index is 649. The molecule has 1 N–H and O–H groups in total. The van der Waals surface area contributed by atoms with Gasteiger partial charge in [-0.1, -0.05) is 54.6 Å². The van der Waals surface area contributed by atoms with Crippen LogP contribution in [0.5, 0.6) is 0 Å². The van der Waals surface area contributed by atoms with E-state index in [9.17, 15) is 9.59 Å². The van der Waals surface area contributed by atoms with Crippen LogP contribution in [-0.4, -0.2) is 37.6 Å². The predicted octanol–water partition coefficient (Wildman–Crippen LogP) is 2.18. The molecule has 0 aromatic heterocycles. The lowest BCUT2D eigenvalue weighted by atomic mass is 9.80. The topological polar surface area (TPSA) is 64.6 Å². The molecule has 0 amide bonds. The molecular formula is C20H23NO4. The minimum atomic E-state index is -1.43. The first-order valence-corrected chi connectivity index (χ1v) is 8.63. The predicted molar refractivity (Wildman–Crippen MR) is 93.8 cm³/mol. The Morgan fingerprint density at radius 3 is 2.84 bits per heavy atom. The highest BCUT2D eigenvalue weighted by atomic mass is 16.5. The van der Waals surface area contributed by atoms with E-state index in [1.807, 2.05) is 30.3 Å². The van der Waals surface area contributed by atoms with E-state index < -0.39 is 17.5 Å². The van der Waals surface area contributed by atoms with Gasteiger partial charge in [0.15, 0.2) is 5.41 Å². The molecule has 1 aromatic rings. The Kier molecular flexibility index (Phi) is 5.79. The lowest BCUT2D eigenvalue weighted by molar-refractivity contribution is -0.162. The van der Waals surface area contributed by atoms with Crippen molar-refractivity contribution in [3.05, 3.63) is 60.2 Å². The number of nitrogens with one attached hydrogen (secondary N) is 1. The van der Waals surface area contributed by atoms with E-state index in [1.165, 1.54) is 0 Å². The van der Waals surface area contributed by atoms with Gasteiger partial charge in [-0.25, -0.2) is 0 Å². The minimum absolute atomic E-state index is 0.129. The van der Waals surface area contributed by atoms with Crippen molar-refractivity contribution in [2.75, 3.05) is 13.2 Å². The van der Waals surface area contributed by atoms with Crippen LogP contribution in [0.4, 0.5) is 0 Å². The standard InChI is InChI=1S/C20H23NO4/c22-15-20(19(23)25-13-16-7-2-1-3-8-16)11-5-4-10-18(20)24-14-17-9-6-12-21-17/h1-5,7-8,10-11,15,17-18,21H,6,9,12-14H2/t17?,18-,20?/m0/s1. The fourth-order valence-electron chi connectivity index (χ4n) is 3.13. The first kappa shape index (κ1) is 17.6. The molecule has 3 atom stereocenters. The van der Waals surface area contributed by atoms with Gasteiger partial charge < -0.3 is 19.6 Å². The maximum atomic E-state index is 12.7. The number of carbonyl (C=O) groups excluding carboxylic acids is 2. The second kappa shape index (κ2) is 8.23. The summed E-state index contributed by atoms with van der Waals surface area (Å²) in [7, 11) is 0. The Labute approximate surface area is 147 Å². The molecule has 25 heavy (non-hydrogen) atoms. The molecule has 1 aliphatic carbocycles. The molecule has 132 valence electrons. The zero-order valence-corrected chi connectivity index (χ0v) is 14.1. The van der Waals surface area contributed by atoms with Crippen molar-refractivity contribution >= 4 is 12.3 Å². The normalized spacial score (nSPS) is 28.0. The zero-order valence-electron chi connectivity index (χ0n) is 14.1. The van der Waals surface area contributed by atoms with Gasteiger partial charge in [-0.15, -0.1) is 0 Å². The molecule has 2 unspecified atom stereocenters. The van der Waals surface area contributed by atoms with Crippen molar-refractivity contribution in [1.82, 2.24) is 5.32 Å². The summed E-state index contributed by atoms with van der Waals surface area (Å²) in [5.74, 6) is -0.587. The Morgan fingerprint density at radius 2 is 2.12 bits per heavy atom. The summed E-state index contributed by atoms with van der Waals surface area (Å²) in [4.78, 5) is 24.6. The van der Waals surface area contributed by atoms with Crippen LogP contribution in [0.1, 0.15) is 18.4 Å². The summed E-state index contributed by atoms with van der Waals surface area (Å²) in [6.07, 6.45) is 8.93. The van der Waals surface area contributed by atoms with Gasteiger partial charge in [0, 0.05) is 6.04 Å². The average Bonchev–Trinajstić information content (AvgIpc) is 3.19. The van der Waals surface area contributed by atoms with Crippen LogP contribution in [0.25, 0.3) is 0 Å². The van der Waals surface area contributed by atoms with Gasteiger partial charge in [0.05, 0.1) is 6.61 Å². The number of ether oxygens (including phenoxy) is 2. The number of esters is 1. The van der Waals surface area contributed by atoms with Crippen LogP contribution >= 0.6 is 0 Å². The number of benzene rings is 1. The van der Waals surface area contributed by atoms with E-state index >= 15 is 0 Å². The SMILES string of the molecule is O=CC1(C(=O)OCc2ccccc2)C=CC=C[C@@H]1OCC1CCCN1. The molecule has 0 saturated carbocycles. The van der Waals surface area contributed by atoms with E-state index in [1.54, 1.807) is 24.3 Å². The van der Waals surface area contributed by atoms with Crippen molar-refractivity contribution in [2.45, 2.75) is 31.6 Å². The minimum Gasteiger partial charge on any atom is -0.460 e. The molecule has 2 aliphatic rings. The van der Waals surface area contributed by atoms with E-state index in [-0.39, 0.29) is 12.6 Å². The Balaban J connectivity index is 1.66. The largest absolute Gasteiger partial charge is 0.460 e. The number of carbonyl (C=O) groups is 2. The third-order valence-corrected chi connectivity index (χ3v) is 4.64. The summed E-state index contributed by atoms with van der Waals surface area (Å²) >= 11 is 0. The average molecular weight is 341 g/mol. The van der Waals surface area contributed by atoms with Gasteiger partial charge in [-0.2, -0.15) is 0 Å². The lowest BCUT2D eigenvalue weighted by Gasteiger charge is -2.32. The molecule has 0 bridgehead atoms. The van der Waals surface area contributed by atoms with Gasteiger partial charge in [-0.05, 0) is 24.9 Å². The van der Waals surface area contributed by atoms with Crippen molar-refractivity contribution in [3.8, 4) is 0 Å². The van der Waals surface area contributed by atoms with Gasteiger partial charge >= 0.3 is 5.97 Å². The summed E-state index contributed by atoms with van der Waals surface area (Å²) < 4.78 is 11.3. The van der Waals surface area contributed by atoms with Crippen LogP contribution in [0.15, 0.2) is 54.6 Å². The van der Waals surface area contributed by atoms with Gasteiger partial charge in [-0.3, -0.25) is 4.79 Å². The van der Waals surface area contributed by atoms with Crippen LogP contribution in [0, 0.1) is 5.41 Å². The van der Waals surface area contributed by atoms with Crippen LogP contribution in [0.3, 0.4) is 0 Å².